The van der Waals surface area contributed by atoms with Crippen molar-refractivity contribution in [3.8, 4) is 0 Å². The van der Waals surface area contributed by atoms with E-state index in [9.17, 15) is 0 Å². The summed E-state index contributed by atoms with van der Waals surface area (Å²) in [5.74, 6) is 0. The summed E-state index contributed by atoms with van der Waals surface area (Å²) in [6.07, 6.45) is 2.08. The maximum absolute atomic E-state index is 8.36. The van der Waals surface area contributed by atoms with Crippen LogP contribution < -0.4 is 0 Å². The summed E-state index contributed by atoms with van der Waals surface area (Å²) in [4.78, 5) is 8.36. The van der Waals surface area contributed by atoms with Gasteiger partial charge in [0, 0.05) is 0 Å². The lowest BCUT2D eigenvalue weighted by Gasteiger charge is -1.74. The summed E-state index contributed by atoms with van der Waals surface area (Å²) in [6, 6.07) is 0. The van der Waals surface area contributed by atoms with Gasteiger partial charge in [-0.3, -0.25) is 0 Å². The Balaban J connectivity index is 0. The second-order valence-corrected chi connectivity index (χ2v) is 1.60. The van der Waals surface area contributed by atoms with E-state index in [0.29, 0.717) is 0 Å². The summed E-state index contributed by atoms with van der Waals surface area (Å²) in [6.45, 7) is 6.20. The van der Waals surface area contributed by atoms with Crippen LogP contribution in [0.3, 0.4) is 0 Å². The molecule has 0 fully saturated rings. The second kappa shape index (κ2) is 6.94. The van der Waals surface area contributed by atoms with Crippen molar-refractivity contribution in [2.24, 2.45) is 0 Å². The van der Waals surface area contributed by atoms with Crippen LogP contribution in [0.5, 0.6) is 0 Å². The van der Waals surface area contributed by atoms with E-state index in [-0.39, 0.29) is 0 Å². The molecule has 0 aliphatic rings. The average Bonchev–Trinajstić information content (AvgIpc) is 1.65. The molecule has 0 saturated carbocycles. The Morgan fingerprint density at radius 2 is 1.78 bits per heavy atom. The normalized spacial score (nSPS) is 6.56. The zero-order valence-corrected chi connectivity index (χ0v) is 5.79. The van der Waals surface area contributed by atoms with Crippen LogP contribution in [-0.2, 0) is 0 Å². The van der Waals surface area contributed by atoms with Gasteiger partial charge < -0.3 is 5.21 Å². The highest BCUT2D eigenvalue weighted by molar-refractivity contribution is 4.88. The standard InChI is InChI=1S/C5H10.HNO3/c1-4-5(2)3;2-1(3)4/h4H,1-3H3;(H,2,3,4). The van der Waals surface area contributed by atoms with Crippen molar-refractivity contribution in [1.29, 1.82) is 0 Å². The van der Waals surface area contributed by atoms with Gasteiger partial charge in [0.2, 0.25) is 0 Å². The van der Waals surface area contributed by atoms with Crippen LogP contribution in [0.25, 0.3) is 0 Å². The van der Waals surface area contributed by atoms with E-state index < -0.39 is 5.09 Å². The molecule has 0 aliphatic heterocycles. The first-order valence-corrected chi connectivity index (χ1v) is 2.43. The number of hydrogen-bond donors (Lipinski definition) is 1. The van der Waals surface area contributed by atoms with Gasteiger partial charge in [-0.1, -0.05) is 11.6 Å². The molecular weight excluding hydrogens is 122 g/mol. The van der Waals surface area contributed by atoms with Crippen molar-refractivity contribution in [1.82, 2.24) is 0 Å². The van der Waals surface area contributed by atoms with Crippen molar-refractivity contribution < 1.29 is 10.3 Å². The minimum atomic E-state index is -1.50. The first-order chi connectivity index (χ1) is 4.00. The average molecular weight is 133 g/mol. The zero-order chi connectivity index (χ0) is 7.86. The summed E-state index contributed by atoms with van der Waals surface area (Å²) >= 11 is 0. The lowest BCUT2D eigenvalue weighted by atomic mass is 10.3. The third-order valence-electron chi connectivity index (χ3n) is 0.577. The molecule has 0 aromatic heterocycles. The molecule has 0 spiro atoms. The lowest BCUT2D eigenvalue weighted by Crippen LogP contribution is -1.81. The highest BCUT2D eigenvalue weighted by Gasteiger charge is 1.65. The number of nitrogens with zero attached hydrogens (tertiary/aromatic N) is 1. The van der Waals surface area contributed by atoms with Crippen molar-refractivity contribution in [3.05, 3.63) is 21.8 Å². The molecule has 0 atom stereocenters. The highest BCUT2D eigenvalue weighted by Crippen LogP contribution is 1.82. The molecule has 0 radical (unpaired) electrons. The number of allylic oxidation sites excluding steroid dienone is 2. The van der Waals surface area contributed by atoms with Crippen LogP contribution in [0.2, 0.25) is 0 Å². The highest BCUT2D eigenvalue weighted by atomic mass is 16.9. The van der Waals surface area contributed by atoms with E-state index in [1.807, 2.05) is 6.92 Å². The van der Waals surface area contributed by atoms with Crippen LogP contribution in [-0.4, -0.2) is 10.3 Å². The summed E-state index contributed by atoms with van der Waals surface area (Å²) in [5, 5.41) is 13.6. The third-order valence-corrected chi connectivity index (χ3v) is 0.577. The van der Waals surface area contributed by atoms with E-state index in [4.69, 9.17) is 15.3 Å². The van der Waals surface area contributed by atoms with Gasteiger partial charge in [0.1, 0.15) is 0 Å². The molecule has 0 heterocycles. The van der Waals surface area contributed by atoms with Crippen molar-refractivity contribution in [2.75, 3.05) is 0 Å². The Kier molecular flexibility index (Phi) is 8.36. The third kappa shape index (κ3) is 192. The monoisotopic (exact) mass is 133 g/mol. The minimum Gasteiger partial charge on any atom is -0.328 e. The van der Waals surface area contributed by atoms with E-state index in [1.165, 1.54) is 5.57 Å². The summed E-state index contributed by atoms with van der Waals surface area (Å²) in [7, 11) is 0. The number of rotatable bonds is 0. The van der Waals surface area contributed by atoms with Crippen molar-refractivity contribution >= 4 is 0 Å². The molecule has 0 aromatic rings. The van der Waals surface area contributed by atoms with Crippen LogP contribution in [0.15, 0.2) is 11.6 Å². The fourth-order valence-corrected chi connectivity index (χ4v) is 0. The Bertz CT molecular complexity index is 101. The van der Waals surface area contributed by atoms with Gasteiger partial charge in [-0.2, -0.15) is 0 Å². The molecule has 0 bridgehead atoms. The summed E-state index contributed by atoms with van der Waals surface area (Å²) in [5.41, 5.74) is 1.38. The van der Waals surface area contributed by atoms with Gasteiger partial charge in [0.25, 0.3) is 5.09 Å². The molecule has 0 unspecified atom stereocenters. The summed E-state index contributed by atoms with van der Waals surface area (Å²) < 4.78 is 0. The Hall–Kier alpha value is -1.06. The molecule has 0 amide bonds. The maximum atomic E-state index is 8.36. The second-order valence-electron chi connectivity index (χ2n) is 1.60. The SMILES string of the molecule is CC=C(C)C.O=[N+]([O-])O. The molecule has 0 saturated heterocycles. The maximum Gasteiger partial charge on any atom is 0.291 e. The molecule has 9 heavy (non-hydrogen) atoms. The molecule has 0 aliphatic carbocycles. The van der Waals surface area contributed by atoms with Gasteiger partial charge in [0.15, 0.2) is 0 Å². The van der Waals surface area contributed by atoms with Gasteiger partial charge in [-0.05, 0) is 20.8 Å². The van der Waals surface area contributed by atoms with Gasteiger partial charge in [-0.25, -0.2) is 0 Å². The topological polar surface area (TPSA) is 63.4 Å². The minimum absolute atomic E-state index is 1.38. The molecule has 54 valence electrons. The predicted molar refractivity (Wildman–Crippen MR) is 33.9 cm³/mol. The first kappa shape index (κ1) is 10.8. The molecular formula is C5H11NO3. The van der Waals surface area contributed by atoms with Gasteiger partial charge in [0.05, 0.1) is 0 Å². The Labute approximate surface area is 53.9 Å². The van der Waals surface area contributed by atoms with Crippen LogP contribution in [0.1, 0.15) is 20.8 Å². The first-order valence-electron chi connectivity index (χ1n) is 2.43. The quantitative estimate of drug-likeness (QED) is 0.310. The molecule has 0 rings (SSSR count). The Morgan fingerprint density at radius 3 is 1.78 bits per heavy atom. The van der Waals surface area contributed by atoms with Gasteiger partial charge >= 0.3 is 0 Å². The molecule has 1 N–H and O–H groups in total. The van der Waals surface area contributed by atoms with Crippen LogP contribution >= 0.6 is 0 Å². The lowest BCUT2D eigenvalue weighted by molar-refractivity contribution is -0.742. The van der Waals surface area contributed by atoms with Crippen molar-refractivity contribution in [2.45, 2.75) is 20.8 Å². The van der Waals surface area contributed by atoms with Crippen molar-refractivity contribution in [3.63, 3.8) is 0 Å². The molecule has 4 nitrogen and oxygen atoms in total. The molecule has 0 aromatic carbocycles. The molecule has 4 heteroatoms. The Morgan fingerprint density at radius 1 is 1.67 bits per heavy atom. The van der Waals surface area contributed by atoms with E-state index in [2.05, 4.69) is 19.9 Å². The predicted octanol–water partition coefficient (Wildman–Crippen LogP) is 1.62. The number of hydrogen-bond acceptors (Lipinski definition) is 2. The van der Waals surface area contributed by atoms with E-state index in [0.717, 1.165) is 0 Å². The van der Waals surface area contributed by atoms with Crippen LogP contribution in [0, 0.1) is 10.1 Å². The fraction of sp³-hybridized carbons (Fsp3) is 0.600. The van der Waals surface area contributed by atoms with E-state index >= 15 is 0 Å². The smallest absolute Gasteiger partial charge is 0.291 e. The largest absolute Gasteiger partial charge is 0.328 e. The van der Waals surface area contributed by atoms with E-state index in [1.54, 1.807) is 0 Å². The zero-order valence-electron chi connectivity index (χ0n) is 5.79. The van der Waals surface area contributed by atoms with Gasteiger partial charge in [-0.15, -0.1) is 10.1 Å². The van der Waals surface area contributed by atoms with Crippen LogP contribution in [0.4, 0.5) is 0 Å². The fourth-order valence-electron chi connectivity index (χ4n) is 0.